The van der Waals surface area contributed by atoms with Crippen LogP contribution in [0.2, 0.25) is 0 Å². The summed E-state index contributed by atoms with van der Waals surface area (Å²) in [5.41, 5.74) is 0.0469. The molecule has 2 aliphatic rings. The third kappa shape index (κ3) is 2.92. The van der Waals surface area contributed by atoms with Crippen molar-refractivity contribution >= 4 is 11.9 Å². The lowest BCUT2D eigenvalue weighted by molar-refractivity contribution is -0.132. The topological polar surface area (TPSA) is 67.9 Å². The van der Waals surface area contributed by atoms with Gasteiger partial charge in [-0.1, -0.05) is 25.7 Å². The monoisotopic (exact) mass is 332 g/mol. The third-order valence-electron chi connectivity index (χ3n) is 5.02. The fraction of sp³-hybridized carbons (Fsp3) is 0.556. The summed E-state index contributed by atoms with van der Waals surface area (Å²) in [6.07, 6.45) is 5.64. The van der Waals surface area contributed by atoms with Crippen LogP contribution in [-0.2, 0) is 11.3 Å². The molecule has 3 amide bonds. The molecule has 24 heavy (non-hydrogen) atoms. The first kappa shape index (κ1) is 16.6. The Morgan fingerprint density at radius 2 is 1.79 bits per heavy atom. The molecule has 1 spiro atoms. The molecule has 1 aliphatic carbocycles. The molecule has 0 bridgehead atoms. The molecular weight excluding hydrogens is 308 g/mol. The first-order valence-corrected chi connectivity index (χ1v) is 8.45. The van der Waals surface area contributed by atoms with Crippen molar-refractivity contribution in [3.63, 3.8) is 0 Å². The number of amides is 3. The Morgan fingerprint density at radius 3 is 2.42 bits per heavy atom. The van der Waals surface area contributed by atoms with Gasteiger partial charge in [0.05, 0.1) is 20.8 Å². The van der Waals surface area contributed by atoms with Crippen molar-refractivity contribution in [2.45, 2.75) is 50.6 Å². The predicted octanol–water partition coefficient (Wildman–Crippen LogP) is 2.85. The summed E-state index contributed by atoms with van der Waals surface area (Å²) in [7, 11) is 3.16. The standard InChI is InChI=1S/C18H24N2O4/c1-23-14-7-8-15(24-2)13(11-14)12-20-16(21)18(19-17(20)22)9-5-3-4-6-10-18/h7-8,11H,3-6,9-10,12H2,1-2H3,(H,19,22). The highest BCUT2D eigenvalue weighted by Crippen LogP contribution is 2.34. The van der Waals surface area contributed by atoms with Crippen LogP contribution in [0, 0.1) is 0 Å². The Labute approximate surface area is 142 Å². The summed E-state index contributed by atoms with van der Waals surface area (Å²) in [5, 5.41) is 2.96. The molecule has 2 fully saturated rings. The minimum Gasteiger partial charge on any atom is -0.497 e. The summed E-state index contributed by atoms with van der Waals surface area (Å²) in [6.45, 7) is 0.187. The molecular formula is C18H24N2O4. The number of imide groups is 1. The normalized spacial score (nSPS) is 20.0. The number of rotatable bonds is 4. The van der Waals surface area contributed by atoms with Crippen molar-refractivity contribution in [3.8, 4) is 11.5 Å². The van der Waals surface area contributed by atoms with Gasteiger partial charge in [0.2, 0.25) is 0 Å². The Bertz CT molecular complexity index is 636. The molecule has 1 saturated carbocycles. The number of hydrogen-bond acceptors (Lipinski definition) is 4. The van der Waals surface area contributed by atoms with Crippen molar-refractivity contribution in [1.29, 1.82) is 0 Å². The van der Waals surface area contributed by atoms with E-state index in [1.165, 1.54) is 4.90 Å². The summed E-state index contributed by atoms with van der Waals surface area (Å²) in [4.78, 5) is 26.7. The van der Waals surface area contributed by atoms with Gasteiger partial charge in [0.1, 0.15) is 17.0 Å². The highest BCUT2D eigenvalue weighted by molar-refractivity contribution is 6.07. The first-order valence-electron chi connectivity index (χ1n) is 8.45. The van der Waals surface area contributed by atoms with E-state index >= 15 is 0 Å². The molecule has 130 valence electrons. The molecule has 1 N–H and O–H groups in total. The van der Waals surface area contributed by atoms with Gasteiger partial charge < -0.3 is 14.8 Å². The Balaban J connectivity index is 1.85. The van der Waals surface area contributed by atoms with Gasteiger partial charge in [-0.15, -0.1) is 0 Å². The molecule has 0 atom stereocenters. The van der Waals surface area contributed by atoms with E-state index < -0.39 is 5.54 Å². The van der Waals surface area contributed by atoms with Gasteiger partial charge >= 0.3 is 6.03 Å². The maximum atomic E-state index is 13.0. The lowest BCUT2D eigenvalue weighted by atomic mass is 9.90. The molecule has 0 aromatic heterocycles. The Morgan fingerprint density at radius 1 is 1.08 bits per heavy atom. The quantitative estimate of drug-likeness (QED) is 0.861. The molecule has 1 aromatic carbocycles. The van der Waals surface area contributed by atoms with Crippen LogP contribution in [0.5, 0.6) is 11.5 Å². The molecule has 0 unspecified atom stereocenters. The van der Waals surface area contributed by atoms with E-state index in [-0.39, 0.29) is 18.5 Å². The van der Waals surface area contributed by atoms with Crippen LogP contribution in [0.3, 0.4) is 0 Å². The number of carbonyl (C=O) groups is 2. The van der Waals surface area contributed by atoms with Gasteiger partial charge in [-0.3, -0.25) is 9.69 Å². The second-order valence-corrected chi connectivity index (χ2v) is 6.50. The maximum Gasteiger partial charge on any atom is 0.325 e. The summed E-state index contributed by atoms with van der Waals surface area (Å²) in [5.74, 6) is 1.19. The number of urea groups is 1. The minimum absolute atomic E-state index is 0.112. The van der Waals surface area contributed by atoms with E-state index in [1.807, 2.05) is 0 Å². The molecule has 1 heterocycles. The zero-order chi connectivity index (χ0) is 17.2. The van der Waals surface area contributed by atoms with Crippen molar-refractivity contribution < 1.29 is 19.1 Å². The number of nitrogens with zero attached hydrogens (tertiary/aromatic N) is 1. The smallest absolute Gasteiger partial charge is 0.325 e. The van der Waals surface area contributed by atoms with Crippen molar-refractivity contribution in [1.82, 2.24) is 10.2 Å². The van der Waals surface area contributed by atoms with Crippen LogP contribution in [0.15, 0.2) is 18.2 Å². The van der Waals surface area contributed by atoms with E-state index in [9.17, 15) is 9.59 Å². The zero-order valence-corrected chi connectivity index (χ0v) is 14.3. The van der Waals surface area contributed by atoms with Crippen LogP contribution >= 0.6 is 0 Å². The van der Waals surface area contributed by atoms with Crippen LogP contribution in [0.25, 0.3) is 0 Å². The van der Waals surface area contributed by atoms with E-state index in [1.54, 1.807) is 32.4 Å². The van der Waals surface area contributed by atoms with Gasteiger partial charge in [-0.25, -0.2) is 4.79 Å². The Kier molecular flexibility index (Phi) is 4.64. The van der Waals surface area contributed by atoms with Gasteiger partial charge in [0, 0.05) is 5.56 Å². The minimum atomic E-state index is -0.709. The van der Waals surface area contributed by atoms with E-state index in [4.69, 9.17) is 9.47 Å². The largest absolute Gasteiger partial charge is 0.497 e. The number of carbonyl (C=O) groups excluding carboxylic acids is 2. The van der Waals surface area contributed by atoms with Gasteiger partial charge in [-0.2, -0.15) is 0 Å². The first-order chi connectivity index (χ1) is 11.6. The second-order valence-electron chi connectivity index (χ2n) is 6.50. The molecule has 1 saturated heterocycles. The van der Waals surface area contributed by atoms with Gasteiger partial charge in [0.25, 0.3) is 5.91 Å². The van der Waals surface area contributed by atoms with Crippen LogP contribution in [-0.4, -0.2) is 36.6 Å². The predicted molar refractivity (Wildman–Crippen MR) is 89.1 cm³/mol. The zero-order valence-electron chi connectivity index (χ0n) is 14.3. The fourth-order valence-corrected chi connectivity index (χ4v) is 3.67. The molecule has 6 heteroatoms. The summed E-state index contributed by atoms with van der Waals surface area (Å²) < 4.78 is 10.6. The van der Waals surface area contributed by atoms with Crippen LogP contribution in [0.1, 0.15) is 44.1 Å². The fourth-order valence-electron chi connectivity index (χ4n) is 3.67. The maximum absolute atomic E-state index is 13.0. The summed E-state index contributed by atoms with van der Waals surface area (Å²) in [6, 6.07) is 5.07. The van der Waals surface area contributed by atoms with E-state index in [2.05, 4.69) is 5.32 Å². The molecule has 0 radical (unpaired) electrons. The number of ether oxygens (including phenoxy) is 2. The SMILES string of the molecule is COc1ccc(OC)c(CN2C(=O)NC3(CCCCCC3)C2=O)c1. The molecule has 6 nitrogen and oxygen atoms in total. The van der Waals surface area contributed by atoms with Crippen molar-refractivity contribution in [2.75, 3.05) is 14.2 Å². The van der Waals surface area contributed by atoms with Crippen LogP contribution < -0.4 is 14.8 Å². The lowest BCUT2D eigenvalue weighted by Crippen LogP contribution is -2.46. The van der Waals surface area contributed by atoms with E-state index in [0.29, 0.717) is 11.5 Å². The van der Waals surface area contributed by atoms with Crippen LogP contribution in [0.4, 0.5) is 4.79 Å². The average molecular weight is 332 g/mol. The number of methoxy groups -OCH3 is 2. The number of nitrogens with one attached hydrogen (secondary N) is 1. The highest BCUT2D eigenvalue weighted by atomic mass is 16.5. The average Bonchev–Trinajstić information content (AvgIpc) is 2.77. The number of benzene rings is 1. The lowest BCUT2D eigenvalue weighted by Gasteiger charge is -2.25. The number of hydrogen-bond donors (Lipinski definition) is 1. The Hall–Kier alpha value is -2.24. The highest BCUT2D eigenvalue weighted by Gasteiger charge is 2.50. The third-order valence-corrected chi connectivity index (χ3v) is 5.02. The molecule has 1 aromatic rings. The molecule has 3 rings (SSSR count). The second kappa shape index (κ2) is 6.71. The van der Waals surface area contributed by atoms with Crippen molar-refractivity contribution in [2.24, 2.45) is 0 Å². The molecule has 1 aliphatic heterocycles. The van der Waals surface area contributed by atoms with E-state index in [0.717, 1.165) is 44.1 Å². The van der Waals surface area contributed by atoms with Crippen molar-refractivity contribution in [3.05, 3.63) is 23.8 Å². The van der Waals surface area contributed by atoms with Gasteiger partial charge in [-0.05, 0) is 31.0 Å². The summed E-state index contributed by atoms with van der Waals surface area (Å²) >= 11 is 0. The van der Waals surface area contributed by atoms with Gasteiger partial charge in [0.15, 0.2) is 0 Å².